The molecule has 34 heavy (non-hydrogen) atoms. The van der Waals surface area contributed by atoms with Crippen molar-refractivity contribution in [2.45, 2.75) is 19.6 Å². The van der Waals surface area contributed by atoms with Crippen LogP contribution in [0.1, 0.15) is 11.3 Å². The van der Waals surface area contributed by atoms with E-state index in [1.807, 2.05) is 0 Å². The summed E-state index contributed by atoms with van der Waals surface area (Å²) in [6.07, 6.45) is -4.59. The van der Waals surface area contributed by atoms with Crippen LogP contribution < -0.4 is 15.7 Å². The molecule has 180 valence electrons. The number of hydrogen-bond acceptors (Lipinski definition) is 3. The van der Waals surface area contributed by atoms with Gasteiger partial charge in [0, 0.05) is 11.6 Å². The maximum Gasteiger partial charge on any atom is 0.408 e. The first-order valence-corrected chi connectivity index (χ1v) is 9.80. The van der Waals surface area contributed by atoms with Crippen molar-refractivity contribution in [2.24, 2.45) is 9.98 Å². The summed E-state index contributed by atoms with van der Waals surface area (Å²) in [4.78, 5) is 20.2. The lowest BCUT2D eigenvalue weighted by Crippen LogP contribution is -2.26. The fourth-order valence-corrected chi connectivity index (χ4v) is 3.21. The van der Waals surface area contributed by atoms with E-state index in [-0.39, 0.29) is 22.8 Å². The molecule has 0 amide bonds. The van der Waals surface area contributed by atoms with Gasteiger partial charge in [-0.05, 0) is 37.9 Å². The Morgan fingerprint density at radius 1 is 1.15 bits per heavy atom. The Kier molecular flexibility index (Phi) is 7.18. The third-order valence-electron chi connectivity index (χ3n) is 4.87. The van der Waals surface area contributed by atoms with Gasteiger partial charge in [0.15, 0.2) is 0 Å². The molecular formula is C22H20F5N5O2. The average Bonchev–Trinajstić information content (AvgIpc) is 3.02. The molecule has 0 aliphatic carbocycles. The van der Waals surface area contributed by atoms with Gasteiger partial charge in [0.25, 0.3) is 0 Å². The zero-order valence-electron chi connectivity index (χ0n) is 18.2. The minimum atomic E-state index is -4.59. The van der Waals surface area contributed by atoms with Gasteiger partial charge in [0.2, 0.25) is 5.96 Å². The number of halogens is 5. The van der Waals surface area contributed by atoms with Gasteiger partial charge in [-0.1, -0.05) is 12.1 Å². The molecule has 0 atom stereocenters. The Hall–Kier alpha value is -3.96. The Balaban J connectivity index is 2.19. The number of alkyl halides is 3. The van der Waals surface area contributed by atoms with Gasteiger partial charge < -0.3 is 10.1 Å². The lowest BCUT2D eigenvalue weighted by Gasteiger charge is -2.12. The molecule has 1 aromatic heterocycles. The molecule has 0 bridgehead atoms. The molecule has 3 aromatic rings. The van der Waals surface area contributed by atoms with E-state index < -0.39 is 42.5 Å². The summed E-state index contributed by atoms with van der Waals surface area (Å²) < 4.78 is 73.8. The van der Waals surface area contributed by atoms with Crippen LogP contribution in [-0.2, 0) is 6.54 Å². The van der Waals surface area contributed by atoms with Gasteiger partial charge in [-0.2, -0.15) is 13.2 Å². The molecule has 12 heteroatoms. The predicted octanol–water partition coefficient (Wildman–Crippen LogP) is 4.31. The molecule has 3 rings (SSSR count). The molecule has 0 aliphatic rings. The van der Waals surface area contributed by atoms with Crippen molar-refractivity contribution in [1.82, 2.24) is 9.13 Å². The monoisotopic (exact) mass is 481 g/mol. The lowest BCUT2D eigenvalue weighted by molar-refractivity contribution is -0.118. The summed E-state index contributed by atoms with van der Waals surface area (Å²) in [5.41, 5.74) is -0.620. The zero-order valence-corrected chi connectivity index (χ0v) is 18.2. The molecule has 0 spiro atoms. The standard InChI is InChI=1S/C22H20F5N5O2/c1-13-19(30-20(28-2)29-12-22(25,26)27)32(14-6-4-7-15(10-14)34-3)21(33)31(13)11-16-17(23)8-5-9-18(16)24/h4-10H,2,11-12H2,1,3H3,(H,29,30). The van der Waals surface area contributed by atoms with Gasteiger partial charge in [-0.25, -0.2) is 28.1 Å². The van der Waals surface area contributed by atoms with Gasteiger partial charge in [0.1, 0.15) is 29.7 Å². The van der Waals surface area contributed by atoms with Crippen LogP contribution in [0.3, 0.4) is 0 Å². The third-order valence-corrected chi connectivity index (χ3v) is 4.87. The molecule has 0 fully saturated rings. The highest BCUT2D eigenvalue weighted by Crippen LogP contribution is 2.24. The van der Waals surface area contributed by atoms with E-state index >= 15 is 0 Å². The van der Waals surface area contributed by atoms with E-state index in [9.17, 15) is 26.7 Å². The van der Waals surface area contributed by atoms with E-state index in [4.69, 9.17) is 4.74 Å². The summed E-state index contributed by atoms with van der Waals surface area (Å²) in [7, 11) is 1.42. The Bertz CT molecular complexity index is 1270. The first-order chi connectivity index (χ1) is 16.1. The second-order valence-electron chi connectivity index (χ2n) is 7.08. The first kappa shape index (κ1) is 24.7. The van der Waals surface area contributed by atoms with Crippen LogP contribution >= 0.6 is 0 Å². The first-order valence-electron chi connectivity index (χ1n) is 9.80. The van der Waals surface area contributed by atoms with Crippen molar-refractivity contribution in [2.75, 3.05) is 19.0 Å². The highest BCUT2D eigenvalue weighted by atomic mass is 19.4. The zero-order chi connectivity index (χ0) is 25.0. The van der Waals surface area contributed by atoms with Gasteiger partial charge in [-0.3, -0.25) is 4.57 Å². The highest BCUT2D eigenvalue weighted by Gasteiger charge is 2.27. The number of ether oxygens (including phenoxy) is 1. The second kappa shape index (κ2) is 9.89. The van der Waals surface area contributed by atoms with E-state index in [2.05, 4.69) is 22.0 Å². The molecule has 0 radical (unpaired) electrons. The number of guanidine groups is 1. The molecule has 7 nitrogen and oxygen atoms in total. The Morgan fingerprint density at radius 2 is 1.79 bits per heavy atom. The van der Waals surface area contributed by atoms with Crippen LogP contribution in [0.25, 0.3) is 5.69 Å². The smallest absolute Gasteiger partial charge is 0.408 e. The average molecular weight is 481 g/mol. The lowest BCUT2D eigenvalue weighted by atomic mass is 10.2. The highest BCUT2D eigenvalue weighted by molar-refractivity contribution is 5.96. The molecule has 0 aliphatic heterocycles. The summed E-state index contributed by atoms with van der Waals surface area (Å²) in [5, 5.41) is 2.59. The SMILES string of the molecule is C=NC(=NCC(F)(F)F)Nc1c(C)n(Cc2c(F)cccc2F)c(=O)n1-c1cccc(OC)c1. The number of methoxy groups -OCH3 is 1. The number of benzene rings is 2. The predicted molar refractivity (Wildman–Crippen MR) is 118 cm³/mol. The van der Waals surface area contributed by atoms with E-state index in [1.165, 1.54) is 26.2 Å². The molecule has 1 heterocycles. The van der Waals surface area contributed by atoms with Crippen LogP contribution in [0.5, 0.6) is 5.75 Å². The van der Waals surface area contributed by atoms with Gasteiger partial charge >= 0.3 is 11.9 Å². The Morgan fingerprint density at radius 3 is 2.38 bits per heavy atom. The summed E-state index contributed by atoms with van der Waals surface area (Å²) in [5.74, 6) is -1.81. The van der Waals surface area contributed by atoms with Crippen molar-refractivity contribution < 1.29 is 26.7 Å². The summed E-state index contributed by atoms with van der Waals surface area (Å²) in [6.45, 7) is 2.68. The Labute approximate surface area is 190 Å². The molecule has 0 saturated heterocycles. The number of aromatic nitrogens is 2. The number of nitrogens with zero attached hydrogens (tertiary/aromatic N) is 4. The number of imidazole rings is 1. The fourth-order valence-electron chi connectivity index (χ4n) is 3.21. The summed E-state index contributed by atoms with van der Waals surface area (Å²) in [6, 6.07) is 9.59. The molecule has 1 N–H and O–H groups in total. The second-order valence-corrected chi connectivity index (χ2v) is 7.08. The third kappa shape index (κ3) is 5.33. The quantitative estimate of drug-likeness (QED) is 0.324. The fraction of sp³-hybridized carbons (Fsp3) is 0.227. The van der Waals surface area contributed by atoms with E-state index in [0.29, 0.717) is 5.75 Å². The largest absolute Gasteiger partial charge is 0.497 e. The minimum Gasteiger partial charge on any atom is -0.497 e. The maximum atomic E-state index is 14.3. The number of hydrogen-bond donors (Lipinski definition) is 1. The molecule has 2 aromatic carbocycles. The van der Waals surface area contributed by atoms with Crippen LogP contribution in [0, 0.1) is 18.6 Å². The normalized spacial score (nSPS) is 12.0. The number of anilines is 1. The van der Waals surface area contributed by atoms with Crippen molar-refractivity contribution >= 4 is 18.5 Å². The van der Waals surface area contributed by atoms with Gasteiger partial charge in [0.05, 0.1) is 25.0 Å². The molecule has 0 saturated carbocycles. The minimum absolute atomic E-state index is 0.0108. The van der Waals surface area contributed by atoms with Crippen LogP contribution in [0.15, 0.2) is 57.2 Å². The molecular weight excluding hydrogens is 461 g/mol. The van der Waals surface area contributed by atoms with E-state index in [1.54, 1.807) is 18.2 Å². The van der Waals surface area contributed by atoms with Crippen LogP contribution in [-0.4, -0.2) is 41.6 Å². The summed E-state index contributed by atoms with van der Waals surface area (Å²) >= 11 is 0. The van der Waals surface area contributed by atoms with Gasteiger partial charge in [-0.15, -0.1) is 0 Å². The topological polar surface area (TPSA) is 72.9 Å². The number of aliphatic imine (C=N–C) groups is 2. The molecule has 0 unspecified atom stereocenters. The number of nitrogens with one attached hydrogen (secondary N) is 1. The van der Waals surface area contributed by atoms with Crippen molar-refractivity contribution in [1.29, 1.82) is 0 Å². The van der Waals surface area contributed by atoms with Crippen molar-refractivity contribution in [3.8, 4) is 11.4 Å². The van der Waals surface area contributed by atoms with Crippen LogP contribution in [0.2, 0.25) is 0 Å². The van der Waals surface area contributed by atoms with Crippen LogP contribution in [0.4, 0.5) is 27.8 Å². The van der Waals surface area contributed by atoms with Crippen molar-refractivity contribution in [3.63, 3.8) is 0 Å². The van der Waals surface area contributed by atoms with Crippen molar-refractivity contribution in [3.05, 3.63) is 75.8 Å². The maximum absolute atomic E-state index is 14.3. The van der Waals surface area contributed by atoms with E-state index in [0.717, 1.165) is 21.3 Å². The number of rotatable bonds is 6.